The van der Waals surface area contributed by atoms with E-state index >= 15 is 0 Å². The van der Waals surface area contributed by atoms with Gasteiger partial charge in [0.25, 0.3) is 0 Å². The van der Waals surface area contributed by atoms with Gasteiger partial charge in [-0.1, -0.05) is 19.8 Å². The largest absolute Gasteiger partial charge is 0.375 e. The summed E-state index contributed by atoms with van der Waals surface area (Å²) < 4.78 is 6.02. The smallest absolute Gasteiger partial charge is 0.315 e. The van der Waals surface area contributed by atoms with Crippen molar-refractivity contribution in [3.05, 3.63) is 16.1 Å². The minimum atomic E-state index is -0.0647. The lowest BCUT2D eigenvalue weighted by atomic mass is 9.89. The Morgan fingerprint density at radius 2 is 2.30 bits per heavy atom. The average Bonchev–Trinajstić information content (AvgIpc) is 3.14. The fourth-order valence-electron chi connectivity index (χ4n) is 3.69. The third-order valence-electron chi connectivity index (χ3n) is 4.97. The molecular formula is C17H27N3O2S. The normalized spacial score (nSPS) is 24.5. The molecule has 0 unspecified atom stereocenters. The van der Waals surface area contributed by atoms with Gasteiger partial charge in [0.2, 0.25) is 0 Å². The molecule has 1 spiro atoms. The summed E-state index contributed by atoms with van der Waals surface area (Å²) in [5, 5.41) is 9.26. The van der Waals surface area contributed by atoms with Crippen molar-refractivity contribution in [3.8, 4) is 0 Å². The molecule has 23 heavy (non-hydrogen) atoms. The molecule has 2 fully saturated rings. The van der Waals surface area contributed by atoms with Gasteiger partial charge in [0.05, 0.1) is 10.6 Å². The number of carbonyl (C=O) groups excluding carboxylic acids is 1. The summed E-state index contributed by atoms with van der Waals surface area (Å²) in [6, 6.07) is 0.171. The fraction of sp³-hybridized carbons (Fsp3) is 0.765. The first-order valence-corrected chi connectivity index (χ1v) is 9.55. The summed E-state index contributed by atoms with van der Waals surface area (Å²) in [6.45, 7) is 5.48. The second-order valence-electron chi connectivity index (χ2n) is 7.01. The molecule has 1 saturated heterocycles. The summed E-state index contributed by atoms with van der Waals surface area (Å²) in [5.41, 5.74) is 1.09. The van der Waals surface area contributed by atoms with Crippen molar-refractivity contribution in [2.45, 2.75) is 69.9 Å². The molecule has 128 valence electrons. The predicted octanol–water partition coefficient (Wildman–Crippen LogP) is 3.35. The first kappa shape index (κ1) is 16.7. The van der Waals surface area contributed by atoms with Gasteiger partial charge < -0.3 is 15.4 Å². The zero-order valence-electron chi connectivity index (χ0n) is 14.1. The molecule has 1 saturated carbocycles. The van der Waals surface area contributed by atoms with E-state index in [9.17, 15) is 4.79 Å². The van der Waals surface area contributed by atoms with Gasteiger partial charge in [-0.3, -0.25) is 0 Å². The molecule has 3 rings (SSSR count). The molecule has 6 heteroatoms. The van der Waals surface area contributed by atoms with Crippen LogP contribution in [-0.2, 0) is 4.74 Å². The third kappa shape index (κ3) is 4.23. The maximum Gasteiger partial charge on any atom is 0.315 e. The Morgan fingerprint density at radius 3 is 3.00 bits per heavy atom. The molecule has 2 N–H and O–H groups in total. The summed E-state index contributed by atoms with van der Waals surface area (Å²) in [4.78, 5) is 16.7. The van der Waals surface area contributed by atoms with E-state index in [1.807, 2.05) is 6.92 Å². The van der Waals surface area contributed by atoms with Crippen molar-refractivity contribution in [3.63, 3.8) is 0 Å². The lowest BCUT2D eigenvalue weighted by Crippen LogP contribution is -2.50. The summed E-state index contributed by atoms with van der Waals surface area (Å²) in [7, 11) is 0. The van der Waals surface area contributed by atoms with Gasteiger partial charge in [0.1, 0.15) is 0 Å². The molecule has 5 nitrogen and oxygen atoms in total. The van der Waals surface area contributed by atoms with Gasteiger partial charge in [-0.2, -0.15) is 0 Å². The molecular weight excluding hydrogens is 310 g/mol. The molecule has 0 bridgehead atoms. The van der Waals surface area contributed by atoms with E-state index in [0.717, 1.165) is 43.0 Å². The van der Waals surface area contributed by atoms with E-state index in [0.29, 0.717) is 6.54 Å². The molecule has 1 aliphatic carbocycles. The second-order valence-corrected chi connectivity index (χ2v) is 7.90. The van der Waals surface area contributed by atoms with Crippen molar-refractivity contribution in [1.29, 1.82) is 0 Å². The van der Waals surface area contributed by atoms with Gasteiger partial charge in [-0.05, 0) is 32.6 Å². The number of nitrogens with one attached hydrogen (secondary N) is 2. The lowest BCUT2D eigenvalue weighted by Gasteiger charge is -2.38. The fourth-order valence-corrected chi connectivity index (χ4v) is 4.54. The van der Waals surface area contributed by atoms with Crippen LogP contribution in [0.25, 0.3) is 0 Å². The van der Waals surface area contributed by atoms with Crippen LogP contribution in [0, 0.1) is 6.92 Å². The molecule has 1 aliphatic heterocycles. The van der Waals surface area contributed by atoms with Gasteiger partial charge >= 0.3 is 6.03 Å². The van der Waals surface area contributed by atoms with Gasteiger partial charge in [-0.15, -0.1) is 11.3 Å². The monoisotopic (exact) mass is 337 g/mol. The highest BCUT2D eigenvalue weighted by Crippen LogP contribution is 2.39. The summed E-state index contributed by atoms with van der Waals surface area (Å²) in [5.74, 6) is 0.246. The van der Waals surface area contributed by atoms with Crippen LogP contribution < -0.4 is 10.6 Å². The highest BCUT2D eigenvalue weighted by Gasteiger charge is 2.40. The predicted molar refractivity (Wildman–Crippen MR) is 92.0 cm³/mol. The van der Waals surface area contributed by atoms with E-state index in [4.69, 9.17) is 4.74 Å². The molecule has 1 aromatic rings. The Balaban J connectivity index is 1.44. The van der Waals surface area contributed by atoms with E-state index in [-0.39, 0.29) is 23.6 Å². The number of carbonyl (C=O) groups is 1. The Labute approximate surface area is 142 Å². The molecule has 0 radical (unpaired) electrons. The standard InChI is InChI=1S/C17H27N3O2S/c1-12(15-19-13(2)11-23-15)10-18-16(21)20-14-5-8-22-17(9-14)6-3-4-7-17/h11-12,14H,3-10H2,1-2H3,(H2,18,20,21)/t12-,14+/m1/s1. The van der Waals surface area contributed by atoms with Gasteiger partial charge in [-0.25, -0.2) is 9.78 Å². The lowest BCUT2D eigenvalue weighted by molar-refractivity contribution is -0.0820. The van der Waals surface area contributed by atoms with Crippen LogP contribution in [0.3, 0.4) is 0 Å². The Morgan fingerprint density at radius 1 is 1.52 bits per heavy atom. The molecule has 2 atom stereocenters. The third-order valence-corrected chi connectivity index (χ3v) is 6.16. The SMILES string of the molecule is Cc1csc([C@H](C)CNC(=O)N[C@H]2CCOC3(CCCC3)C2)n1. The number of aryl methyl sites for hydroxylation is 1. The van der Waals surface area contributed by atoms with Crippen LogP contribution >= 0.6 is 11.3 Å². The number of nitrogens with zero attached hydrogens (tertiary/aromatic N) is 1. The van der Waals surface area contributed by atoms with Crippen LogP contribution in [0.2, 0.25) is 0 Å². The number of rotatable bonds is 4. The Bertz CT molecular complexity index is 540. The Hall–Kier alpha value is -1.14. The molecule has 0 aromatic carbocycles. The van der Waals surface area contributed by atoms with E-state index in [2.05, 4.69) is 27.9 Å². The highest BCUT2D eigenvalue weighted by atomic mass is 32.1. The van der Waals surface area contributed by atoms with Crippen molar-refractivity contribution in [2.75, 3.05) is 13.2 Å². The molecule has 2 heterocycles. The first-order chi connectivity index (χ1) is 11.1. The minimum Gasteiger partial charge on any atom is -0.375 e. The molecule has 2 amide bonds. The van der Waals surface area contributed by atoms with E-state index in [1.165, 1.54) is 12.8 Å². The maximum atomic E-state index is 12.2. The van der Waals surface area contributed by atoms with Gasteiger partial charge in [0, 0.05) is 36.2 Å². The van der Waals surface area contributed by atoms with Crippen molar-refractivity contribution < 1.29 is 9.53 Å². The van der Waals surface area contributed by atoms with Crippen molar-refractivity contribution in [1.82, 2.24) is 15.6 Å². The van der Waals surface area contributed by atoms with Crippen molar-refractivity contribution >= 4 is 17.4 Å². The number of hydrogen-bond acceptors (Lipinski definition) is 4. The number of urea groups is 1. The Kier molecular flexibility index (Phi) is 5.21. The summed E-state index contributed by atoms with van der Waals surface area (Å²) >= 11 is 1.66. The van der Waals surface area contributed by atoms with E-state index < -0.39 is 0 Å². The molecule has 2 aliphatic rings. The summed E-state index contributed by atoms with van der Waals surface area (Å²) in [6.07, 6.45) is 6.67. The average molecular weight is 337 g/mol. The van der Waals surface area contributed by atoms with Crippen LogP contribution in [0.4, 0.5) is 4.79 Å². The second kappa shape index (κ2) is 7.18. The number of ether oxygens (including phenoxy) is 1. The van der Waals surface area contributed by atoms with Crippen LogP contribution in [0.15, 0.2) is 5.38 Å². The number of thiazole rings is 1. The number of amides is 2. The maximum absolute atomic E-state index is 12.2. The van der Waals surface area contributed by atoms with Crippen molar-refractivity contribution in [2.24, 2.45) is 0 Å². The molecule has 1 aromatic heterocycles. The number of aromatic nitrogens is 1. The van der Waals surface area contributed by atoms with Gasteiger partial charge in [0.15, 0.2) is 0 Å². The van der Waals surface area contributed by atoms with Crippen LogP contribution in [0.5, 0.6) is 0 Å². The zero-order valence-corrected chi connectivity index (χ0v) is 14.9. The first-order valence-electron chi connectivity index (χ1n) is 8.67. The zero-order chi connectivity index (χ0) is 16.3. The highest BCUT2D eigenvalue weighted by molar-refractivity contribution is 7.09. The van der Waals surface area contributed by atoms with E-state index in [1.54, 1.807) is 11.3 Å². The number of hydrogen-bond donors (Lipinski definition) is 2. The quantitative estimate of drug-likeness (QED) is 0.885. The van der Waals surface area contributed by atoms with Crippen LogP contribution in [-0.4, -0.2) is 35.8 Å². The topological polar surface area (TPSA) is 63.2 Å². The minimum absolute atomic E-state index is 0.0436. The van der Waals surface area contributed by atoms with Crippen LogP contribution in [0.1, 0.15) is 62.1 Å².